The first-order valence-electron chi connectivity index (χ1n) is 4.94. The van der Waals surface area contributed by atoms with Gasteiger partial charge in [-0.3, -0.25) is 4.99 Å². The van der Waals surface area contributed by atoms with Crippen molar-refractivity contribution in [1.29, 1.82) is 0 Å². The Bertz CT molecular complexity index is 237. The molecule has 1 spiro atoms. The van der Waals surface area contributed by atoms with Crippen LogP contribution in [0.3, 0.4) is 0 Å². The van der Waals surface area contributed by atoms with Crippen LogP contribution in [0.5, 0.6) is 0 Å². The highest BCUT2D eigenvalue weighted by atomic mass is 32.2. The maximum absolute atomic E-state index is 11.9. The zero-order valence-electron chi connectivity index (χ0n) is 7.93. The number of aliphatic imine (C=N–C) groups is 1. The molecule has 0 amide bonds. The normalized spacial score (nSPS) is 27.8. The number of thioether (sulfide) groups is 1. The Morgan fingerprint density at radius 2 is 2.14 bits per heavy atom. The Morgan fingerprint density at radius 3 is 2.79 bits per heavy atom. The van der Waals surface area contributed by atoms with Crippen molar-refractivity contribution in [3.8, 4) is 0 Å². The summed E-state index contributed by atoms with van der Waals surface area (Å²) in [6.45, 7) is -0.370. The molecule has 0 atom stereocenters. The molecule has 1 saturated carbocycles. The molecule has 2 rings (SSSR count). The van der Waals surface area contributed by atoms with Crippen LogP contribution in [-0.4, -0.2) is 29.4 Å². The SMILES string of the molecule is FC(F)CN=C1NC2(CCCC2)CS1. The summed E-state index contributed by atoms with van der Waals surface area (Å²) >= 11 is 1.59. The van der Waals surface area contributed by atoms with Crippen molar-refractivity contribution in [2.45, 2.75) is 37.6 Å². The highest BCUT2D eigenvalue weighted by molar-refractivity contribution is 8.14. The lowest BCUT2D eigenvalue weighted by Crippen LogP contribution is -2.40. The van der Waals surface area contributed by atoms with Crippen molar-refractivity contribution < 1.29 is 8.78 Å². The standard InChI is InChI=1S/C9H14F2N2S/c10-7(11)5-12-8-13-9(6-14-8)3-1-2-4-9/h7H,1-6H2,(H,12,13). The minimum atomic E-state index is -2.33. The zero-order valence-corrected chi connectivity index (χ0v) is 8.75. The van der Waals surface area contributed by atoms with Crippen molar-refractivity contribution >= 4 is 16.9 Å². The van der Waals surface area contributed by atoms with Gasteiger partial charge in [0.15, 0.2) is 5.17 Å². The molecule has 1 saturated heterocycles. The third kappa shape index (κ3) is 2.19. The maximum Gasteiger partial charge on any atom is 0.257 e. The molecule has 2 aliphatic rings. The fourth-order valence-electron chi connectivity index (χ4n) is 2.06. The molecular weight excluding hydrogens is 206 g/mol. The minimum absolute atomic E-state index is 0.186. The second kappa shape index (κ2) is 4.04. The van der Waals surface area contributed by atoms with Crippen LogP contribution in [0.4, 0.5) is 8.78 Å². The summed E-state index contributed by atoms with van der Waals surface area (Å²) < 4.78 is 23.8. The molecule has 14 heavy (non-hydrogen) atoms. The highest BCUT2D eigenvalue weighted by Gasteiger charge is 2.39. The first-order chi connectivity index (χ1) is 6.70. The van der Waals surface area contributed by atoms with Crippen LogP contribution < -0.4 is 5.32 Å². The first-order valence-corrected chi connectivity index (χ1v) is 5.92. The average Bonchev–Trinajstić information content (AvgIpc) is 2.74. The number of alkyl halides is 2. The molecule has 0 bridgehead atoms. The van der Waals surface area contributed by atoms with Gasteiger partial charge in [-0.1, -0.05) is 24.6 Å². The molecule has 1 aliphatic carbocycles. The van der Waals surface area contributed by atoms with Gasteiger partial charge in [-0.05, 0) is 12.8 Å². The molecule has 0 radical (unpaired) electrons. The summed E-state index contributed by atoms with van der Waals surface area (Å²) in [5.74, 6) is 0.995. The Kier molecular flexibility index (Phi) is 2.95. The van der Waals surface area contributed by atoms with E-state index in [0.717, 1.165) is 18.6 Å². The van der Waals surface area contributed by atoms with Gasteiger partial charge in [-0.15, -0.1) is 0 Å². The van der Waals surface area contributed by atoms with E-state index in [-0.39, 0.29) is 12.1 Å². The summed E-state index contributed by atoms with van der Waals surface area (Å²) in [5, 5.41) is 4.02. The maximum atomic E-state index is 11.9. The highest BCUT2D eigenvalue weighted by Crippen LogP contribution is 2.37. The Hall–Kier alpha value is -0.320. The van der Waals surface area contributed by atoms with Crippen LogP contribution in [0.25, 0.3) is 0 Å². The van der Waals surface area contributed by atoms with Crippen LogP contribution in [0.1, 0.15) is 25.7 Å². The molecule has 2 fully saturated rings. The largest absolute Gasteiger partial charge is 0.359 e. The van der Waals surface area contributed by atoms with Gasteiger partial charge in [0.25, 0.3) is 6.43 Å². The van der Waals surface area contributed by atoms with Gasteiger partial charge in [0, 0.05) is 11.3 Å². The fraction of sp³-hybridized carbons (Fsp3) is 0.889. The van der Waals surface area contributed by atoms with Crippen LogP contribution in [-0.2, 0) is 0 Å². The quantitative estimate of drug-likeness (QED) is 0.772. The van der Waals surface area contributed by atoms with Gasteiger partial charge >= 0.3 is 0 Å². The van der Waals surface area contributed by atoms with Gasteiger partial charge in [0.05, 0.1) is 0 Å². The lowest BCUT2D eigenvalue weighted by Gasteiger charge is -2.21. The fourth-order valence-corrected chi connectivity index (χ4v) is 3.29. The van der Waals surface area contributed by atoms with Crippen LogP contribution in [0, 0.1) is 0 Å². The van der Waals surface area contributed by atoms with Gasteiger partial charge in [-0.2, -0.15) is 0 Å². The van der Waals surface area contributed by atoms with Crippen LogP contribution in [0.15, 0.2) is 4.99 Å². The molecule has 1 N–H and O–H groups in total. The molecule has 0 aromatic heterocycles. The molecule has 0 unspecified atom stereocenters. The number of halogens is 2. The van der Waals surface area contributed by atoms with E-state index in [9.17, 15) is 8.78 Å². The van der Waals surface area contributed by atoms with Gasteiger partial charge in [-0.25, -0.2) is 8.78 Å². The average molecular weight is 220 g/mol. The van der Waals surface area contributed by atoms with E-state index >= 15 is 0 Å². The molecule has 1 heterocycles. The number of hydrogen-bond donors (Lipinski definition) is 1. The van der Waals surface area contributed by atoms with E-state index in [0.29, 0.717) is 5.17 Å². The minimum Gasteiger partial charge on any atom is -0.359 e. The van der Waals surface area contributed by atoms with E-state index in [2.05, 4.69) is 10.3 Å². The number of rotatable bonds is 2. The summed E-state index contributed by atoms with van der Waals surface area (Å²) in [6, 6.07) is 0. The lowest BCUT2D eigenvalue weighted by atomic mass is 10.0. The molecular formula is C9H14F2N2S. The van der Waals surface area contributed by atoms with Crippen LogP contribution >= 0.6 is 11.8 Å². The topological polar surface area (TPSA) is 24.4 Å². The van der Waals surface area contributed by atoms with Crippen molar-refractivity contribution in [3.63, 3.8) is 0 Å². The third-order valence-corrected chi connectivity index (χ3v) is 3.99. The molecule has 0 aromatic carbocycles. The molecule has 5 heteroatoms. The number of nitrogens with zero attached hydrogens (tertiary/aromatic N) is 1. The molecule has 0 aromatic rings. The van der Waals surface area contributed by atoms with Crippen molar-refractivity contribution in [3.05, 3.63) is 0 Å². The predicted octanol–water partition coefficient (Wildman–Crippen LogP) is 2.26. The zero-order chi connectivity index (χ0) is 10.0. The second-order valence-corrected chi connectivity index (χ2v) is 4.90. The van der Waals surface area contributed by atoms with E-state index in [1.807, 2.05) is 0 Å². The first kappa shape index (κ1) is 10.2. The summed E-state index contributed by atoms with van der Waals surface area (Å²) in [7, 11) is 0. The van der Waals surface area contributed by atoms with E-state index in [1.54, 1.807) is 11.8 Å². The van der Waals surface area contributed by atoms with Crippen molar-refractivity contribution in [2.75, 3.05) is 12.3 Å². The number of hydrogen-bond acceptors (Lipinski definition) is 2. The molecule has 80 valence electrons. The molecule has 2 nitrogen and oxygen atoms in total. The smallest absolute Gasteiger partial charge is 0.257 e. The third-order valence-electron chi connectivity index (χ3n) is 2.79. The Morgan fingerprint density at radius 1 is 1.43 bits per heavy atom. The number of amidine groups is 1. The van der Waals surface area contributed by atoms with E-state index in [1.165, 1.54) is 12.8 Å². The van der Waals surface area contributed by atoms with Gasteiger partial charge in [0.1, 0.15) is 6.54 Å². The second-order valence-electron chi connectivity index (χ2n) is 3.94. The Balaban J connectivity index is 1.90. The summed E-state index contributed by atoms with van der Waals surface area (Å²) in [6.07, 6.45) is 2.48. The van der Waals surface area contributed by atoms with Gasteiger partial charge < -0.3 is 5.32 Å². The summed E-state index contributed by atoms with van der Waals surface area (Å²) in [5.41, 5.74) is 0.186. The van der Waals surface area contributed by atoms with Gasteiger partial charge in [0.2, 0.25) is 0 Å². The Labute approximate surface area is 86.5 Å². The van der Waals surface area contributed by atoms with Crippen molar-refractivity contribution in [1.82, 2.24) is 5.32 Å². The lowest BCUT2D eigenvalue weighted by molar-refractivity contribution is 0.158. The summed E-state index contributed by atoms with van der Waals surface area (Å²) in [4.78, 5) is 3.86. The van der Waals surface area contributed by atoms with Crippen molar-refractivity contribution in [2.24, 2.45) is 4.99 Å². The van der Waals surface area contributed by atoms with E-state index in [4.69, 9.17) is 0 Å². The predicted molar refractivity (Wildman–Crippen MR) is 55.1 cm³/mol. The monoisotopic (exact) mass is 220 g/mol. The number of nitrogens with one attached hydrogen (secondary N) is 1. The van der Waals surface area contributed by atoms with E-state index < -0.39 is 6.43 Å². The molecule has 1 aliphatic heterocycles. The van der Waals surface area contributed by atoms with Crippen LogP contribution in [0.2, 0.25) is 0 Å².